The van der Waals surface area contributed by atoms with E-state index in [4.69, 9.17) is 27.9 Å². The first-order valence-electron chi connectivity index (χ1n) is 6.80. The Balaban J connectivity index is 1.75. The minimum atomic E-state index is 0.443. The van der Waals surface area contributed by atoms with Gasteiger partial charge in [-0.15, -0.1) is 0 Å². The molecule has 3 aromatic rings. The second kappa shape index (κ2) is 6.42. The van der Waals surface area contributed by atoms with Crippen molar-refractivity contribution in [3.63, 3.8) is 0 Å². The topological polar surface area (TPSA) is 31.2 Å². The Bertz CT molecular complexity index is 827. The third-order valence-corrected chi connectivity index (χ3v) is 3.96. The molecule has 0 spiro atoms. The predicted octanol–water partition coefficient (Wildman–Crippen LogP) is 4.84. The molecule has 1 aromatic heterocycles. The zero-order chi connectivity index (χ0) is 15.5. The molecule has 22 heavy (non-hydrogen) atoms. The number of ether oxygens (including phenoxy) is 1. The number of rotatable bonds is 5. The van der Waals surface area contributed by atoms with Gasteiger partial charge in [0.05, 0.1) is 11.6 Å². The van der Waals surface area contributed by atoms with Crippen LogP contribution in [0.3, 0.4) is 0 Å². The van der Waals surface area contributed by atoms with E-state index in [0.717, 1.165) is 17.2 Å². The van der Waals surface area contributed by atoms with E-state index in [-0.39, 0.29) is 0 Å². The van der Waals surface area contributed by atoms with E-state index in [2.05, 4.69) is 0 Å². The maximum atomic E-state index is 11.1. The molecule has 0 unspecified atom stereocenters. The second-order valence-electron chi connectivity index (χ2n) is 4.84. The summed E-state index contributed by atoms with van der Waals surface area (Å²) in [6.07, 6.45) is 2.71. The number of nitrogens with zero attached hydrogens (tertiary/aromatic N) is 1. The Morgan fingerprint density at radius 1 is 1.14 bits per heavy atom. The summed E-state index contributed by atoms with van der Waals surface area (Å²) in [5, 5.41) is 2.00. The Labute approximate surface area is 138 Å². The number of halogens is 2. The van der Waals surface area contributed by atoms with Crippen LogP contribution in [0.15, 0.2) is 48.7 Å². The summed E-state index contributed by atoms with van der Waals surface area (Å²) in [7, 11) is 0. The fourth-order valence-corrected chi connectivity index (χ4v) is 2.86. The molecule has 0 amide bonds. The smallest absolute Gasteiger partial charge is 0.152 e. The summed E-state index contributed by atoms with van der Waals surface area (Å²) >= 11 is 11.9. The van der Waals surface area contributed by atoms with Gasteiger partial charge in [0.1, 0.15) is 12.4 Å². The van der Waals surface area contributed by atoms with E-state index in [1.807, 2.05) is 35.0 Å². The van der Waals surface area contributed by atoms with Crippen LogP contribution in [0.25, 0.3) is 10.9 Å². The van der Waals surface area contributed by atoms with Crippen LogP contribution in [0.2, 0.25) is 10.0 Å². The molecule has 0 saturated carbocycles. The summed E-state index contributed by atoms with van der Waals surface area (Å²) in [6, 6.07) is 12.9. The fraction of sp³-hybridized carbons (Fsp3) is 0.118. The summed E-state index contributed by atoms with van der Waals surface area (Å²) in [5.41, 5.74) is 1.69. The Morgan fingerprint density at radius 2 is 1.95 bits per heavy atom. The number of hydrogen-bond acceptors (Lipinski definition) is 2. The van der Waals surface area contributed by atoms with Gasteiger partial charge < -0.3 is 9.30 Å². The molecule has 0 aliphatic carbocycles. The third kappa shape index (κ3) is 2.96. The van der Waals surface area contributed by atoms with Crippen molar-refractivity contribution in [2.24, 2.45) is 0 Å². The van der Waals surface area contributed by atoms with Crippen LogP contribution in [0.4, 0.5) is 0 Å². The molecule has 3 rings (SSSR count). The van der Waals surface area contributed by atoms with E-state index >= 15 is 0 Å². The van der Waals surface area contributed by atoms with Crippen LogP contribution in [0.1, 0.15) is 10.4 Å². The van der Waals surface area contributed by atoms with Crippen LogP contribution in [-0.2, 0) is 6.54 Å². The van der Waals surface area contributed by atoms with Crippen LogP contribution in [-0.4, -0.2) is 17.5 Å². The van der Waals surface area contributed by atoms with Gasteiger partial charge in [-0.1, -0.05) is 41.4 Å². The van der Waals surface area contributed by atoms with Crippen molar-refractivity contribution in [3.05, 3.63) is 64.3 Å². The first-order chi connectivity index (χ1) is 10.7. The molecule has 0 bridgehead atoms. The zero-order valence-electron chi connectivity index (χ0n) is 11.6. The number of aldehydes is 1. The summed E-state index contributed by atoms with van der Waals surface area (Å²) in [6.45, 7) is 1.06. The number of carbonyl (C=O) groups is 1. The normalized spacial score (nSPS) is 10.8. The van der Waals surface area contributed by atoms with E-state index in [1.54, 1.807) is 18.2 Å². The average Bonchev–Trinajstić information content (AvgIpc) is 2.88. The van der Waals surface area contributed by atoms with E-state index in [0.29, 0.717) is 34.5 Å². The molecule has 2 aromatic carbocycles. The average molecular weight is 334 g/mol. The molecule has 0 saturated heterocycles. The molecule has 112 valence electrons. The van der Waals surface area contributed by atoms with Crippen molar-refractivity contribution in [2.75, 3.05) is 6.61 Å². The minimum absolute atomic E-state index is 0.443. The van der Waals surface area contributed by atoms with E-state index < -0.39 is 0 Å². The highest BCUT2D eigenvalue weighted by atomic mass is 35.5. The second-order valence-corrected chi connectivity index (χ2v) is 5.68. The molecule has 0 aliphatic heterocycles. The van der Waals surface area contributed by atoms with Crippen LogP contribution >= 0.6 is 23.2 Å². The standard InChI is InChI=1S/C17H13Cl2NO2/c18-13-5-6-17(15(19)9-13)22-8-7-20-10-12(11-21)14-3-1-2-4-16(14)20/h1-6,9-11H,7-8H2. The number of carbonyl (C=O) groups excluding carboxylic acids is 1. The highest BCUT2D eigenvalue weighted by Gasteiger charge is 2.08. The van der Waals surface area contributed by atoms with Crippen LogP contribution in [0.5, 0.6) is 5.75 Å². The van der Waals surface area contributed by atoms with Crippen molar-refractivity contribution >= 4 is 40.4 Å². The van der Waals surface area contributed by atoms with Crippen molar-refractivity contribution in [1.29, 1.82) is 0 Å². The Morgan fingerprint density at radius 3 is 2.73 bits per heavy atom. The maximum absolute atomic E-state index is 11.1. The van der Waals surface area contributed by atoms with Gasteiger partial charge in [0, 0.05) is 27.7 Å². The lowest BCUT2D eigenvalue weighted by Gasteiger charge is -2.09. The van der Waals surface area contributed by atoms with Gasteiger partial charge in [-0.25, -0.2) is 0 Å². The highest BCUT2D eigenvalue weighted by molar-refractivity contribution is 6.35. The Hall–Kier alpha value is -1.97. The first-order valence-corrected chi connectivity index (χ1v) is 7.55. The molecule has 1 heterocycles. The fourth-order valence-electron chi connectivity index (χ4n) is 2.40. The number of hydrogen-bond donors (Lipinski definition) is 0. The summed E-state index contributed by atoms with van der Waals surface area (Å²) < 4.78 is 7.69. The van der Waals surface area contributed by atoms with Gasteiger partial charge in [-0.05, 0) is 24.3 Å². The SMILES string of the molecule is O=Cc1cn(CCOc2ccc(Cl)cc2Cl)c2ccccc12. The molecule has 0 fully saturated rings. The number of benzene rings is 2. The van der Waals surface area contributed by atoms with Crippen molar-refractivity contribution in [2.45, 2.75) is 6.54 Å². The van der Waals surface area contributed by atoms with Crippen LogP contribution in [0, 0.1) is 0 Å². The molecule has 0 atom stereocenters. The lowest BCUT2D eigenvalue weighted by molar-refractivity contribution is 0.112. The van der Waals surface area contributed by atoms with Gasteiger partial charge in [0.15, 0.2) is 6.29 Å². The van der Waals surface area contributed by atoms with Gasteiger partial charge >= 0.3 is 0 Å². The molecule has 3 nitrogen and oxygen atoms in total. The van der Waals surface area contributed by atoms with Crippen molar-refractivity contribution < 1.29 is 9.53 Å². The molecule has 0 N–H and O–H groups in total. The molecular weight excluding hydrogens is 321 g/mol. The number of para-hydroxylation sites is 1. The lowest BCUT2D eigenvalue weighted by Crippen LogP contribution is -2.07. The largest absolute Gasteiger partial charge is 0.490 e. The molecule has 5 heteroatoms. The summed E-state index contributed by atoms with van der Waals surface area (Å²) in [4.78, 5) is 11.1. The van der Waals surface area contributed by atoms with Gasteiger partial charge in [0.2, 0.25) is 0 Å². The van der Waals surface area contributed by atoms with Gasteiger partial charge in [-0.2, -0.15) is 0 Å². The van der Waals surface area contributed by atoms with Gasteiger partial charge in [0.25, 0.3) is 0 Å². The molecular formula is C17H13Cl2NO2. The predicted molar refractivity (Wildman–Crippen MR) is 89.3 cm³/mol. The minimum Gasteiger partial charge on any atom is -0.490 e. The number of aromatic nitrogens is 1. The lowest BCUT2D eigenvalue weighted by atomic mass is 10.2. The van der Waals surface area contributed by atoms with Gasteiger partial charge in [-0.3, -0.25) is 4.79 Å². The van der Waals surface area contributed by atoms with Crippen LogP contribution < -0.4 is 4.74 Å². The number of fused-ring (bicyclic) bond motifs is 1. The monoisotopic (exact) mass is 333 g/mol. The summed E-state index contributed by atoms with van der Waals surface area (Å²) in [5.74, 6) is 0.595. The molecule has 0 aliphatic rings. The van der Waals surface area contributed by atoms with E-state index in [9.17, 15) is 4.79 Å². The van der Waals surface area contributed by atoms with Crippen molar-refractivity contribution in [3.8, 4) is 5.75 Å². The van der Waals surface area contributed by atoms with E-state index in [1.165, 1.54) is 0 Å². The highest BCUT2D eigenvalue weighted by Crippen LogP contribution is 2.27. The first kappa shape index (κ1) is 14.9. The Kier molecular flexibility index (Phi) is 4.36. The zero-order valence-corrected chi connectivity index (χ0v) is 13.1. The molecule has 0 radical (unpaired) electrons. The van der Waals surface area contributed by atoms with Crippen molar-refractivity contribution in [1.82, 2.24) is 4.57 Å². The third-order valence-electron chi connectivity index (χ3n) is 3.43. The maximum Gasteiger partial charge on any atom is 0.152 e. The quantitative estimate of drug-likeness (QED) is 0.625.